The molecule has 0 radical (unpaired) electrons. The van der Waals surface area contributed by atoms with Gasteiger partial charge >= 0.3 is 5.97 Å². The normalized spacial score (nSPS) is 30.8. The number of aliphatic hydroxyl groups is 2. The summed E-state index contributed by atoms with van der Waals surface area (Å²) in [5.74, 6) is -1.34. The average Bonchev–Trinajstić information content (AvgIpc) is 2.88. The summed E-state index contributed by atoms with van der Waals surface area (Å²) in [7, 11) is 0. The van der Waals surface area contributed by atoms with Crippen LogP contribution in [0.4, 0.5) is 0 Å². The van der Waals surface area contributed by atoms with Gasteiger partial charge in [0.2, 0.25) is 0 Å². The molecule has 0 unspecified atom stereocenters. The lowest BCUT2D eigenvalue weighted by Gasteiger charge is -2.38. The molecule has 5 heteroatoms. The zero-order valence-electron chi connectivity index (χ0n) is 11.0. The van der Waals surface area contributed by atoms with Crippen molar-refractivity contribution in [3.05, 3.63) is 35.8 Å². The summed E-state index contributed by atoms with van der Waals surface area (Å²) >= 11 is 0. The molecule has 1 aliphatic carbocycles. The molecule has 5 nitrogen and oxygen atoms in total. The zero-order chi connectivity index (χ0) is 14.0. The molecule has 3 atom stereocenters. The quantitative estimate of drug-likeness (QED) is 0.638. The second-order valence-corrected chi connectivity index (χ2v) is 4.80. The monoisotopic (exact) mass is 266 g/mol. The molecule has 1 aromatic heterocycles. The van der Waals surface area contributed by atoms with Crippen molar-refractivity contribution in [3.63, 3.8) is 0 Å². The summed E-state index contributed by atoms with van der Waals surface area (Å²) in [6.45, 7) is 3.68. The number of carbonyl (C=O) groups excluding carboxylic acids is 1. The lowest BCUT2D eigenvalue weighted by atomic mass is 9.72. The van der Waals surface area contributed by atoms with Gasteiger partial charge in [0.05, 0.1) is 25.2 Å². The van der Waals surface area contributed by atoms with Crippen molar-refractivity contribution in [1.29, 1.82) is 0 Å². The SMILES string of the molecule is CCOC(=O)[C@H]1C=C(C)[C@H](O)C[C@]1(O)c1ccoc1. The zero-order valence-corrected chi connectivity index (χ0v) is 11.0. The summed E-state index contributed by atoms with van der Waals surface area (Å²) in [5.41, 5.74) is -0.377. The Hall–Kier alpha value is -1.59. The van der Waals surface area contributed by atoms with Gasteiger partial charge in [-0.2, -0.15) is 0 Å². The molecular weight excluding hydrogens is 248 g/mol. The second-order valence-electron chi connectivity index (χ2n) is 4.80. The van der Waals surface area contributed by atoms with E-state index in [4.69, 9.17) is 9.15 Å². The van der Waals surface area contributed by atoms with Crippen LogP contribution >= 0.6 is 0 Å². The Balaban J connectivity index is 2.42. The highest BCUT2D eigenvalue weighted by Gasteiger charge is 2.47. The maximum atomic E-state index is 12.0. The summed E-state index contributed by atoms with van der Waals surface area (Å²) in [5, 5.41) is 20.7. The first kappa shape index (κ1) is 13.8. The number of esters is 1. The van der Waals surface area contributed by atoms with Crippen LogP contribution in [0.25, 0.3) is 0 Å². The largest absolute Gasteiger partial charge is 0.472 e. The Morgan fingerprint density at radius 2 is 2.37 bits per heavy atom. The van der Waals surface area contributed by atoms with Crippen LogP contribution in [0.2, 0.25) is 0 Å². The third-order valence-corrected chi connectivity index (χ3v) is 3.54. The number of hydrogen-bond acceptors (Lipinski definition) is 5. The first-order valence-electron chi connectivity index (χ1n) is 6.27. The smallest absolute Gasteiger partial charge is 0.316 e. The van der Waals surface area contributed by atoms with Crippen molar-refractivity contribution in [1.82, 2.24) is 0 Å². The Bertz CT molecular complexity index is 476. The predicted molar refractivity (Wildman–Crippen MR) is 67.1 cm³/mol. The van der Waals surface area contributed by atoms with E-state index >= 15 is 0 Å². The van der Waals surface area contributed by atoms with Gasteiger partial charge in [-0.15, -0.1) is 0 Å². The number of aliphatic hydroxyl groups excluding tert-OH is 1. The van der Waals surface area contributed by atoms with E-state index in [9.17, 15) is 15.0 Å². The predicted octanol–water partition coefficient (Wildman–Crippen LogP) is 1.36. The molecule has 0 fully saturated rings. The lowest BCUT2D eigenvalue weighted by Crippen LogP contribution is -2.45. The van der Waals surface area contributed by atoms with E-state index in [1.54, 1.807) is 26.0 Å². The van der Waals surface area contributed by atoms with Crippen LogP contribution in [0.3, 0.4) is 0 Å². The molecule has 0 saturated carbocycles. The van der Waals surface area contributed by atoms with Crippen LogP contribution in [-0.4, -0.2) is 28.9 Å². The topological polar surface area (TPSA) is 79.9 Å². The van der Waals surface area contributed by atoms with E-state index in [1.807, 2.05) is 0 Å². The van der Waals surface area contributed by atoms with Crippen LogP contribution in [0.1, 0.15) is 25.8 Å². The molecular formula is C14H18O5. The van der Waals surface area contributed by atoms with Crippen LogP contribution in [0.5, 0.6) is 0 Å². The van der Waals surface area contributed by atoms with Crippen molar-refractivity contribution < 1.29 is 24.2 Å². The van der Waals surface area contributed by atoms with E-state index in [-0.39, 0.29) is 13.0 Å². The van der Waals surface area contributed by atoms with Crippen molar-refractivity contribution >= 4 is 5.97 Å². The fourth-order valence-corrected chi connectivity index (χ4v) is 2.40. The van der Waals surface area contributed by atoms with Crippen molar-refractivity contribution in [2.75, 3.05) is 6.61 Å². The Morgan fingerprint density at radius 1 is 1.63 bits per heavy atom. The van der Waals surface area contributed by atoms with Gasteiger partial charge in [0.15, 0.2) is 0 Å². The minimum atomic E-state index is -1.50. The van der Waals surface area contributed by atoms with E-state index in [2.05, 4.69) is 0 Å². The average molecular weight is 266 g/mol. The molecule has 2 N–H and O–H groups in total. The van der Waals surface area contributed by atoms with Gasteiger partial charge in [0, 0.05) is 12.0 Å². The van der Waals surface area contributed by atoms with E-state index in [1.165, 1.54) is 12.5 Å². The van der Waals surface area contributed by atoms with Crippen molar-refractivity contribution in [2.24, 2.45) is 5.92 Å². The molecule has 0 aliphatic heterocycles. The number of furan rings is 1. The molecule has 0 spiro atoms. The summed E-state index contributed by atoms with van der Waals surface area (Å²) < 4.78 is 9.97. The second kappa shape index (κ2) is 5.19. The van der Waals surface area contributed by atoms with Crippen molar-refractivity contribution in [3.8, 4) is 0 Å². The summed E-state index contributed by atoms with van der Waals surface area (Å²) in [6, 6.07) is 1.59. The fourth-order valence-electron chi connectivity index (χ4n) is 2.40. The molecule has 1 aromatic rings. The lowest BCUT2D eigenvalue weighted by molar-refractivity contribution is -0.158. The van der Waals surface area contributed by atoms with Gasteiger partial charge in [-0.1, -0.05) is 6.08 Å². The highest BCUT2D eigenvalue weighted by atomic mass is 16.5. The van der Waals surface area contributed by atoms with Gasteiger partial charge in [-0.05, 0) is 25.5 Å². The summed E-state index contributed by atoms with van der Waals surface area (Å²) in [4.78, 5) is 12.0. The highest BCUT2D eigenvalue weighted by molar-refractivity contribution is 5.77. The Kier molecular flexibility index (Phi) is 3.78. The van der Waals surface area contributed by atoms with Gasteiger partial charge < -0.3 is 19.4 Å². The Labute approximate surface area is 111 Å². The van der Waals surface area contributed by atoms with Crippen LogP contribution < -0.4 is 0 Å². The molecule has 1 aliphatic rings. The minimum Gasteiger partial charge on any atom is -0.472 e. The molecule has 1 heterocycles. The van der Waals surface area contributed by atoms with E-state index in [0.29, 0.717) is 11.1 Å². The van der Waals surface area contributed by atoms with Gasteiger partial charge in [0.25, 0.3) is 0 Å². The first-order chi connectivity index (χ1) is 8.99. The minimum absolute atomic E-state index is 0.0400. The molecule has 0 saturated heterocycles. The fraction of sp³-hybridized carbons (Fsp3) is 0.500. The maximum Gasteiger partial charge on any atom is 0.316 e. The van der Waals surface area contributed by atoms with Crippen LogP contribution in [0.15, 0.2) is 34.7 Å². The standard InChI is InChI=1S/C14H18O5/c1-3-19-13(16)11-6-9(2)12(15)7-14(11,17)10-4-5-18-8-10/h4-6,8,11-12,15,17H,3,7H2,1-2H3/t11-,12-,14+/m1/s1. The van der Waals surface area contributed by atoms with Gasteiger partial charge in [-0.25, -0.2) is 0 Å². The first-order valence-corrected chi connectivity index (χ1v) is 6.27. The van der Waals surface area contributed by atoms with E-state index in [0.717, 1.165) is 0 Å². The number of carbonyl (C=O) groups is 1. The molecule has 2 rings (SSSR count). The van der Waals surface area contributed by atoms with Gasteiger partial charge in [0.1, 0.15) is 11.5 Å². The van der Waals surface area contributed by atoms with E-state index < -0.39 is 23.6 Å². The van der Waals surface area contributed by atoms with Crippen LogP contribution in [0, 0.1) is 5.92 Å². The van der Waals surface area contributed by atoms with Crippen LogP contribution in [-0.2, 0) is 15.1 Å². The summed E-state index contributed by atoms with van der Waals surface area (Å²) in [6.07, 6.45) is 3.63. The molecule has 0 aromatic carbocycles. The van der Waals surface area contributed by atoms with Gasteiger partial charge in [-0.3, -0.25) is 4.79 Å². The maximum absolute atomic E-state index is 12.0. The molecule has 0 bridgehead atoms. The third kappa shape index (κ3) is 2.43. The van der Waals surface area contributed by atoms with Crippen molar-refractivity contribution in [2.45, 2.75) is 32.0 Å². The third-order valence-electron chi connectivity index (χ3n) is 3.54. The highest BCUT2D eigenvalue weighted by Crippen LogP contribution is 2.41. The molecule has 0 amide bonds. The Morgan fingerprint density at radius 3 is 2.95 bits per heavy atom. The molecule has 104 valence electrons. The number of rotatable bonds is 3. The molecule has 19 heavy (non-hydrogen) atoms. The number of ether oxygens (including phenoxy) is 1. The number of hydrogen-bond donors (Lipinski definition) is 2.